The van der Waals surface area contributed by atoms with Gasteiger partial charge in [-0.05, 0) is 18.5 Å². The van der Waals surface area contributed by atoms with Gasteiger partial charge in [-0.25, -0.2) is 0 Å². The first-order chi connectivity index (χ1) is 8.96. The summed E-state index contributed by atoms with van der Waals surface area (Å²) < 4.78 is 39.3. The molecule has 0 aliphatic carbocycles. The predicted octanol–water partition coefficient (Wildman–Crippen LogP) is 1.84. The van der Waals surface area contributed by atoms with Crippen molar-refractivity contribution in [3.8, 4) is 0 Å². The molecule has 19 heavy (non-hydrogen) atoms. The van der Waals surface area contributed by atoms with Gasteiger partial charge in [-0.1, -0.05) is 30.3 Å². The van der Waals surface area contributed by atoms with E-state index in [-0.39, 0.29) is 26.1 Å². The normalized spacial score (nSPS) is 23.3. The van der Waals surface area contributed by atoms with Crippen molar-refractivity contribution in [2.24, 2.45) is 5.41 Å². The summed E-state index contributed by atoms with van der Waals surface area (Å²) in [5, 5.41) is 5.01. The van der Waals surface area contributed by atoms with Gasteiger partial charge in [-0.3, -0.25) is 4.79 Å². The number of amides is 1. The minimum absolute atomic E-state index is 0.109. The lowest BCUT2D eigenvalue weighted by atomic mass is 9.85. The average Bonchev–Trinajstić information content (AvgIpc) is 2.87. The Morgan fingerprint density at radius 2 is 2.00 bits per heavy atom. The predicted molar refractivity (Wildman–Crippen MR) is 64.3 cm³/mol. The van der Waals surface area contributed by atoms with E-state index < -0.39 is 17.5 Å². The Labute approximate surface area is 109 Å². The van der Waals surface area contributed by atoms with Crippen LogP contribution in [0.4, 0.5) is 13.2 Å². The van der Waals surface area contributed by atoms with E-state index in [4.69, 9.17) is 0 Å². The van der Waals surface area contributed by atoms with E-state index in [9.17, 15) is 18.0 Å². The van der Waals surface area contributed by atoms with Crippen LogP contribution in [-0.4, -0.2) is 25.2 Å². The van der Waals surface area contributed by atoms with Gasteiger partial charge in [0.1, 0.15) is 0 Å². The second kappa shape index (κ2) is 5.21. The highest BCUT2D eigenvalue weighted by Crippen LogP contribution is 2.43. The van der Waals surface area contributed by atoms with Crippen molar-refractivity contribution in [3.63, 3.8) is 0 Å². The van der Waals surface area contributed by atoms with Gasteiger partial charge in [0.05, 0.1) is 0 Å². The summed E-state index contributed by atoms with van der Waals surface area (Å²) in [5.74, 6) is -0.950. The van der Waals surface area contributed by atoms with Crippen molar-refractivity contribution in [1.82, 2.24) is 10.6 Å². The van der Waals surface area contributed by atoms with Crippen LogP contribution in [0.5, 0.6) is 0 Å². The Balaban J connectivity index is 2.05. The third-order valence-corrected chi connectivity index (χ3v) is 3.43. The van der Waals surface area contributed by atoms with Gasteiger partial charge >= 0.3 is 6.18 Å². The van der Waals surface area contributed by atoms with Gasteiger partial charge < -0.3 is 10.6 Å². The van der Waals surface area contributed by atoms with Crippen LogP contribution < -0.4 is 10.6 Å². The zero-order valence-corrected chi connectivity index (χ0v) is 10.3. The first kappa shape index (κ1) is 13.9. The second-order valence-corrected chi connectivity index (χ2v) is 4.67. The minimum atomic E-state index is -4.53. The highest BCUT2D eigenvalue weighted by molar-refractivity contribution is 5.84. The van der Waals surface area contributed by atoms with Gasteiger partial charge in [0.2, 0.25) is 5.91 Å². The average molecular weight is 272 g/mol. The number of rotatable bonds is 3. The third kappa shape index (κ3) is 2.73. The molecule has 0 saturated carbocycles. The van der Waals surface area contributed by atoms with Gasteiger partial charge in [-0.15, -0.1) is 0 Å². The topological polar surface area (TPSA) is 41.1 Å². The molecule has 0 spiro atoms. The molecule has 1 amide bonds. The number of nitrogens with one attached hydrogen (secondary N) is 2. The first-order valence-corrected chi connectivity index (χ1v) is 6.05. The van der Waals surface area contributed by atoms with Crippen LogP contribution >= 0.6 is 0 Å². The molecule has 1 saturated heterocycles. The maximum absolute atomic E-state index is 13.1. The van der Waals surface area contributed by atoms with Gasteiger partial charge in [-0.2, -0.15) is 13.2 Å². The van der Waals surface area contributed by atoms with Crippen LogP contribution in [0.25, 0.3) is 0 Å². The lowest BCUT2D eigenvalue weighted by molar-refractivity contribution is -0.216. The van der Waals surface area contributed by atoms with Crippen molar-refractivity contribution in [2.75, 3.05) is 13.1 Å². The smallest absolute Gasteiger partial charge is 0.351 e. The highest BCUT2D eigenvalue weighted by atomic mass is 19.4. The number of carbonyl (C=O) groups excluding carboxylic acids is 1. The van der Waals surface area contributed by atoms with Crippen LogP contribution in [0.3, 0.4) is 0 Å². The lowest BCUT2D eigenvalue weighted by Gasteiger charge is -2.29. The monoisotopic (exact) mass is 272 g/mol. The Morgan fingerprint density at radius 3 is 2.53 bits per heavy atom. The van der Waals surface area contributed by atoms with E-state index in [0.29, 0.717) is 0 Å². The summed E-state index contributed by atoms with van der Waals surface area (Å²) in [6.07, 6.45) is -4.74. The van der Waals surface area contributed by atoms with Crippen LogP contribution in [0, 0.1) is 5.41 Å². The quantitative estimate of drug-likeness (QED) is 0.881. The Kier molecular flexibility index (Phi) is 3.80. The molecule has 6 heteroatoms. The molecule has 2 rings (SSSR count). The van der Waals surface area contributed by atoms with Gasteiger partial charge in [0.15, 0.2) is 5.41 Å². The maximum atomic E-state index is 13.1. The summed E-state index contributed by atoms with van der Waals surface area (Å²) in [7, 11) is 0. The first-order valence-electron chi connectivity index (χ1n) is 6.05. The Bertz CT molecular complexity index is 439. The standard InChI is InChI=1S/C13H15F3N2O/c14-13(15,16)12(6-7-17-9-12)11(19)18-8-10-4-2-1-3-5-10/h1-5,17H,6-9H2,(H,18,19)/t12-/m1/s1. The molecular formula is C13H15F3N2O. The molecule has 1 aromatic carbocycles. The summed E-state index contributed by atoms with van der Waals surface area (Å²) in [4.78, 5) is 11.9. The molecule has 0 aromatic heterocycles. The van der Waals surface area contributed by atoms with Gasteiger partial charge in [0.25, 0.3) is 0 Å². The molecule has 0 unspecified atom stereocenters. The molecular weight excluding hydrogens is 257 g/mol. The molecule has 1 aromatic rings. The van der Waals surface area contributed by atoms with E-state index in [1.165, 1.54) is 0 Å². The molecule has 104 valence electrons. The largest absolute Gasteiger partial charge is 0.404 e. The molecule has 1 aliphatic rings. The SMILES string of the molecule is O=C(NCc1ccccc1)[C@@]1(C(F)(F)F)CCNC1. The molecule has 1 fully saturated rings. The van der Waals surface area contributed by atoms with Crippen LogP contribution in [0.15, 0.2) is 30.3 Å². The fraction of sp³-hybridized carbons (Fsp3) is 0.462. The van der Waals surface area contributed by atoms with Crippen LogP contribution in [-0.2, 0) is 11.3 Å². The lowest BCUT2D eigenvalue weighted by Crippen LogP contribution is -2.52. The molecule has 3 nitrogen and oxygen atoms in total. The fourth-order valence-electron chi connectivity index (χ4n) is 2.20. The van der Waals surface area contributed by atoms with Crippen molar-refractivity contribution >= 4 is 5.91 Å². The van der Waals surface area contributed by atoms with Crippen molar-refractivity contribution in [2.45, 2.75) is 19.1 Å². The van der Waals surface area contributed by atoms with Crippen molar-refractivity contribution in [3.05, 3.63) is 35.9 Å². The highest BCUT2D eigenvalue weighted by Gasteiger charge is 2.61. The molecule has 1 heterocycles. The number of carbonyl (C=O) groups is 1. The molecule has 0 bridgehead atoms. The van der Waals surface area contributed by atoms with Crippen molar-refractivity contribution < 1.29 is 18.0 Å². The van der Waals surface area contributed by atoms with E-state index in [0.717, 1.165) is 5.56 Å². The van der Waals surface area contributed by atoms with Crippen LogP contribution in [0.2, 0.25) is 0 Å². The number of hydrogen-bond acceptors (Lipinski definition) is 2. The summed E-state index contributed by atoms with van der Waals surface area (Å²) >= 11 is 0. The van der Waals surface area contributed by atoms with Crippen LogP contribution in [0.1, 0.15) is 12.0 Å². The van der Waals surface area contributed by atoms with E-state index in [1.54, 1.807) is 24.3 Å². The molecule has 0 radical (unpaired) electrons. The Hall–Kier alpha value is -1.56. The summed E-state index contributed by atoms with van der Waals surface area (Å²) in [5.41, 5.74) is -1.51. The second-order valence-electron chi connectivity index (χ2n) is 4.67. The number of alkyl halides is 3. The van der Waals surface area contributed by atoms with E-state index in [2.05, 4.69) is 10.6 Å². The molecule has 1 atom stereocenters. The number of halogens is 3. The fourth-order valence-corrected chi connectivity index (χ4v) is 2.20. The van der Waals surface area contributed by atoms with Gasteiger partial charge in [0, 0.05) is 13.1 Å². The number of benzene rings is 1. The van der Waals surface area contributed by atoms with E-state index >= 15 is 0 Å². The van der Waals surface area contributed by atoms with Crippen molar-refractivity contribution in [1.29, 1.82) is 0 Å². The number of hydrogen-bond donors (Lipinski definition) is 2. The summed E-state index contributed by atoms with van der Waals surface area (Å²) in [6.45, 7) is -0.0348. The Morgan fingerprint density at radius 1 is 1.32 bits per heavy atom. The summed E-state index contributed by atoms with van der Waals surface area (Å²) in [6, 6.07) is 8.88. The zero-order valence-electron chi connectivity index (χ0n) is 10.3. The molecule has 1 aliphatic heterocycles. The zero-order chi connectivity index (χ0) is 13.9. The maximum Gasteiger partial charge on any atom is 0.404 e. The minimum Gasteiger partial charge on any atom is -0.351 e. The van der Waals surface area contributed by atoms with E-state index in [1.807, 2.05) is 6.07 Å². The molecule has 2 N–H and O–H groups in total. The third-order valence-electron chi connectivity index (χ3n) is 3.43.